The molecule has 0 unspecified atom stereocenters. The Labute approximate surface area is 150 Å². The predicted octanol–water partition coefficient (Wildman–Crippen LogP) is 3.51. The second-order valence-electron chi connectivity index (χ2n) is 6.42. The van der Waals surface area contributed by atoms with Crippen molar-refractivity contribution < 1.29 is 14.0 Å². The average Bonchev–Trinajstić information content (AvgIpc) is 3.01. The minimum absolute atomic E-state index is 0.126. The molecule has 0 aromatic heterocycles. The Kier molecular flexibility index (Phi) is 4.13. The molecule has 0 radical (unpaired) electrons. The minimum atomic E-state index is -0.390. The lowest BCUT2D eigenvalue weighted by molar-refractivity contribution is -0.117. The van der Waals surface area contributed by atoms with Gasteiger partial charge in [0, 0.05) is 24.2 Å². The lowest BCUT2D eigenvalue weighted by Gasteiger charge is -2.17. The first kappa shape index (κ1) is 16.3. The van der Waals surface area contributed by atoms with E-state index in [1.54, 1.807) is 18.2 Å². The van der Waals surface area contributed by atoms with Crippen LogP contribution in [0.25, 0.3) is 10.8 Å². The van der Waals surface area contributed by atoms with E-state index in [9.17, 15) is 14.0 Å². The van der Waals surface area contributed by atoms with Gasteiger partial charge in [0.05, 0.1) is 6.04 Å². The Balaban J connectivity index is 1.48. The molecule has 1 N–H and O–H groups in total. The molecule has 1 heterocycles. The van der Waals surface area contributed by atoms with Gasteiger partial charge in [-0.3, -0.25) is 9.59 Å². The zero-order chi connectivity index (χ0) is 18.1. The third-order valence-corrected chi connectivity index (χ3v) is 4.59. The Bertz CT molecular complexity index is 1000. The topological polar surface area (TPSA) is 49.4 Å². The third-order valence-electron chi connectivity index (χ3n) is 4.59. The van der Waals surface area contributed by atoms with Gasteiger partial charge in [0.2, 0.25) is 5.91 Å². The summed E-state index contributed by atoms with van der Waals surface area (Å²) < 4.78 is 13.4. The third kappa shape index (κ3) is 3.16. The van der Waals surface area contributed by atoms with E-state index >= 15 is 0 Å². The summed E-state index contributed by atoms with van der Waals surface area (Å²) in [7, 11) is 0. The van der Waals surface area contributed by atoms with Crippen molar-refractivity contribution in [2.75, 3.05) is 11.4 Å². The molecular weight excluding hydrogens is 331 g/mol. The molecule has 26 heavy (non-hydrogen) atoms. The van der Waals surface area contributed by atoms with Crippen molar-refractivity contribution in [3.05, 3.63) is 78.1 Å². The van der Waals surface area contributed by atoms with Crippen LogP contribution in [0.4, 0.5) is 10.1 Å². The lowest BCUT2D eigenvalue weighted by Crippen LogP contribution is -2.37. The van der Waals surface area contributed by atoms with Crippen molar-refractivity contribution in [1.29, 1.82) is 0 Å². The van der Waals surface area contributed by atoms with Gasteiger partial charge in [0.15, 0.2) is 0 Å². The van der Waals surface area contributed by atoms with Crippen LogP contribution >= 0.6 is 0 Å². The van der Waals surface area contributed by atoms with Crippen LogP contribution in [0.15, 0.2) is 66.7 Å². The first-order valence-electron chi connectivity index (χ1n) is 8.46. The van der Waals surface area contributed by atoms with Crippen molar-refractivity contribution in [1.82, 2.24) is 5.32 Å². The second kappa shape index (κ2) is 6.59. The number of halogens is 1. The largest absolute Gasteiger partial charge is 0.347 e. The number of amides is 2. The fourth-order valence-corrected chi connectivity index (χ4v) is 3.30. The second-order valence-corrected chi connectivity index (χ2v) is 6.42. The normalized spacial score (nSPS) is 16.9. The number of rotatable bonds is 3. The van der Waals surface area contributed by atoms with Crippen LogP contribution in [0.5, 0.6) is 0 Å². The van der Waals surface area contributed by atoms with Crippen LogP contribution in [0.1, 0.15) is 16.8 Å². The molecule has 3 aromatic rings. The Hall–Kier alpha value is -3.21. The molecule has 0 aliphatic carbocycles. The van der Waals surface area contributed by atoms with Crippen molar-refractivity contribution in [2.45, 2.75) is 12.5 Å². The first-order chi connectivity index (χ1) is 12.6. The highest BCUT2D eigenvalue weighted by atomic mass is 19.1. The molecule has 5 heteroatoms. The van der Waals surface area contributed by atoms with Gasteiger partial charge in [-0.05, 0) is 41.1 Å². The summed E-state index contributed by atoms with van der Waals surface area (Å²) in [5.74, 6) is -0.729. The molecule has 4 nitrogen and oxygen atoms in total. The Morgan fingerprint density at radius 2 is 1.81 bits per heavy atom. The Morgan fingerprint density at radius 3 is 2.62 bits per heavy atom. The number of hydrogen-bond acceptors (Lipinski definition) is 2. The van der Waals surface area contributed by atoms with E-state index in [4.69, 9.17) is 0 Å². The van der Waals surface area contributed by atoms with E-state index in [1.807, 2.05) is 36.4 Å². The molecule has 1 saturated heterocycles. The summed E-state index contributed by atoms with van der Waals surface area (Å²) in [6.45, 7) is 0.335. The highest BCUT2D eigenvalue weighted by Gasteiger charge is 2.31. The average molecular weight is 348 g/mol. The van der Waals surface area contributed by atoms with Crippen LogP contribution in [0, 0.1) is 5.82 Å². The summed E-state index contributed by atoms with van der Waals surface area (Å²) in [6.07, 6.45) is 0.204. The maximum absolute atomic E-state index is 13.4. The number of nitrogens with one attached hydrogen (secondary N) is 1. The highest BCUT2D eigenvalue weighted by Crippen LogP contribution is 2.23. The van der Waals surface area contributed by atoms with E-state index in [1.165, 1.54) is 17.0 Å². The van der Waals surface area contributed by atoms with Crippen molar-refractivity contribution in [2.24, 2.45) is 0 Å². The highest BCUT2D eigenvalue weighted by molar-refractivity contribution is 6.00. The molecule has 2 amide bonds. The van der Waals surface area contributed by atoms with Crippen molar-refractivity contribution in [3.63, 3.8) is 0 Å². The van der Waals surface area contributed by atoms with Crippen LogP contribution in [-0.4, -0.2) is 24.4 Å². The van der Waals surface area contributed by atoms with Gasteiger partial charge in [-0.15, -0.1) is 0 Å². The number of benzene rings is 3. The molecule has 1 aliphatic rings. The van der Waals surface area contributed by atoms with Gasteiger partial charge in [-0.1, -0.05) is 36.4 Å². The number of carbonyl (C=O) groups excluding carboxylic acids is 2. The van der Waals surface area contributed by atoms with E-state index in [-0.39, 0.29) is 30.1 Å². The number of hydrogen-bond donors (Lipinski definition) is 1. The van der Waals surface area contributed by atoms with Crippen molar-refractivity contribution >= 4 is 28.3 Å². The number of nitrogens with zero attached hydrogens (tertiary/aromatic N) is 1. The van der Waals surface area contributed by atoms with Gasteiger partial charge in [0.25, 0.3) is 5.91 Å². The van der Waals surface area contributed by atoms with Gasteiger partial charge in [-0.2, -0.15) is 0 Å². The predicted molar refractivity (Wildman–Crippen MR) is 98.6 cm³/mol. The van der Waals surface area contributed by atoms with E-state index in [2.05, 4.69) is 5.32 Å². The zero-order valence-corrected chi connectivity index (χ0v) is 14.0. The van der Waals surface area contributed by atoms with Gasteiger partial charge >= 0.3 is 0 Å². The molecule has 0 saturated carbocycles. The molecule has 1 fully saturated rings. The maximum atomic E-state index is 13.4. The monoisotopic (exact) mass is 348 g/mol. The minimum Gasteiger partial charge on any atom is -0.347 e. The summed E-state index contributed by atoms with van der Waals surface area (Å²) in [6, 6.07) is 19.0. The summed E-state index contributed by atoms with van der Waals surface area (Å²) in [4.78, 5) is 26.3. The molecule has 0 spiro atoms. The quantitative estimate of drug-likeness (QED) is 0.787. The molecule has 1 atom stereocenters. The summed E-state index contributed by atoms with van der Waals surface area (Å²) >= 11 is 0. The number of anilines is 1. The van der Waals surface area contributed by atoms with Crippen LogP contribution in [0.3, 0.4) is 0 Å². The van der Waals surface area contributed by atoms with Crippen LogP contribution in [-0.2, 0) is 4.79 Å². The van der Waals surface area contributed by atoms with Crippen LogP contribution in [0.2, 0.25) is 0 Å². The Morgan fingerprint density at radius 1 is 1.00 bits per heavy atom. The van der Waals surface area contributed by atoms with E-state index in [0.29, 0.717) is 17.8 Å². The van der Waals surface area contributed by atoms with Gasteiger partial charge < -0.3 is 10.2 Å². The van der Waals surface area contributed by atoms with E-state index in [0.717, 1.165) is 10.8 Å². The van der Waals surface area contributed by atoms with Gasteiger partial charge in [-0.25, -0.2) is 4.39 Å². The fraction of sp³-hybridized carbons (Fsp3) is 0.143. The fourth-order valence-electron chi connectivity index (χ4n) is 3.30. The molecule has 1 aliphatic heterocycles. The standard InChI is InChI=1S/C21H17FN2O2/c22-17-6-3-7-19(11-17)24-13-18(12-20(24)25)23-21(26)16-9-8-14-4-1-2-5-15(14)10-16/h1-11,18H,12-13H2,(H,23,26)/t18-/m1/s1. The first-order valence-corrected chi connectivity index (χ1v) is 8.46. The SMILES string of the molecule is O=C(N[C@@H]1CC(=O)N(c2cccc(F)c2)C1)c1ccc2ccccc2c1. The molecule has 130 valence electrons. The molecular formula is C21H17FN2O2. The molecule has 4 rings (SSSR count). The van der Waals surface area contributed by atoms with Gasteiger partial charge in [0.1, 0.15) is 5.82 Å². The summed E-state index contributed by atoms with van der Waals surface area (Å²) in [5.41, 5.74) is 1.07. The van der Waals surface area contributed by atoms with Crippen molar-refractivity contribution in [3.8, 4) is 0 Å². The number of carbonyl (C=O) groups is 2. The summed E-state index contributed by atoms with van der Waals surface area (Å²) in [5, 5.41) is 4.97. The zero-order valence-electron chi connectivity index (χ0n) is 14.0. The molecule has 0 bridgehead atoms. The number of fused-ring (bicyclic) bond motifs is 1. The lowest BCUT2D eigenvalue weighted by atomic mass is 10.1. The molecule has 3 aromatic carbocycles. The van der Waals surface area contributed by atoms with Crippen LogP contribution < -0.4 is 10.2 Å². The van der Waals surface area contributed by atoms with E-state index < -0.39 is 0 Å². The maximum Gasteiger partial charge on any atom is 0.251 e. The smallest absolute Gasteiger partial charge is 0.251 e.